The number of nitrogens with two attached hydrogens (primary N) is 1. The Bertz CT molecular complexity index is 412. The summed E-state index contributed by atoms with van der Waals surface area (Å²) < 4.78 is 24.6. The molecule has 0 spiro atoms. The first-order valence-electron chi connectivity index (χ1n) is 3.53. The van der Waals surface area contributed by atoms with Crippen molar-refractivity contribution >= 4 is 12.0 Å². The number of nitriles is 1. The van der Waals surface area contributed by atoms with E-state index in [0.29, 0.717) is 0 Å². The van der Waals surface area contributed by atoms with E-state index in [1.54, 1.807) is 6.07 Å². The van der Waals surface area contributed by atoms with Crippen LogP contribution in [0.5, 0.6) is 0 Å². The molecule has 0 amide bonds. The maximum Gasteiger partial charge on any atom is 0.266 e. The zero-order valence-corrected chi connectivity index (χ0v) is 6.87. The molecule has 0 fully saturated rings. The van der Waals surface area contributed by atoms with Crippen molar-refractivity contribution in [1.82, 2.24) is 4.98 Å². The van der Waals surface area contributed by atoms with E-state index in [0.717, 1.165) is 6.20 Å². The zero-order valence-electron chi connectivity index (χ0n) is 6.87. The predicted octanol–water partition coefficient (Wildman–Crippen LogP) is 1.29. The third-order valence-corrected chi connectivity index (χ3v) is 1.65. The number of hydrogen-bond donors (Lipinski definition) is 1. The summed E-state index contributed by atoms with van der Waals surface area (Å²) in [4.78, 5) is 13.9. The van der Waals surface area contributed by atoms with Crippen LogP contribution in [0.2, 0.25) is 0 Å². The lowest BCUT2D eigenvalue weighted by atomic mass is 10.1. The van der Waals surface area contributed by atoms with Gasteiger partial charge in [-0.25, -0.2) is 13.8 Å². The summed E-state index contributed by atoms with van der Waals surface area (Å²) >= 11 is 0. The molecular formula is C8H5F2N3O. The van der Waals surface area contributed by atoms with Gasteiger partial charge in [-0.3, -0.25) is 4.79 Å². The van der Waals surface area contributed by atoms with Crippen molar-refractivity contribution in [3.8, 4) is 6.07 Å². The Morgan fingerprint density at radius 1 is 1.64 bits per heavy atom. The van der Waals surface area contributed by atoms with Gasteiger partial charge in [-0.15, -0.1) is 0 Å². The number of nitrogens with zero attached hydrogens (tertiary/aromatic N) is 2. The van der Waals surface area contributed by atoms with Gasteiger partial charge >= 0.3 is 0 Å². The summed E-state index contributed by atoms with van der Waals surface area (Å²) in [5, 5.41) is 8.47. The second-order valence-electron chi connectivity index (χ2n) is 2.42. The van der Waals surface area contributed by atoms with E-state index < -0.39 is 12.0 Å². The average molecular weight is 197 g/mol. The minimum absolute atomic E-state index is 0.194. The molecule has 0 aliphatic rings. The van der Waals surface area contributed by atoms with Gasteiger partial charge in [-0.2, -0.15) is 5.26 Å². The number of aromatic nitrogens is 1. The first-order valence-corrected chi connectivity index (χ1v) is 3.53. The average Bonchev–Trinajstić information content (AvgIpc) is 2.17. The van der Waals surface area contributed by atoms with Crippen LogP contribution in [0.15, 0.2) is 6.20 Å². The number of alkyl halides is 2. The molecule has 0 aromatic carbocycles. The van der Waals surface area contributed by atoms with E-state index in [4.69, 9.17) is 11.0 Å². The number of anilines is 1. The van der Waals surface area contributed by atoms with Gasteiger partial charge in [0.25, 0.3) is 6.43 Å². The first-order chi connectivity index (χ1) is 6.61. The monoisotopic (exact) mass is 197 g/mol. The van der Waals surface area contributed by atoms with Crippen LogP contribution in [0.3, 0.4) is 0 Å². The minimum Gasteiger partial charge on any atom is -0.396 e. The summed E-state index contributed by atoms with van der Waals surface area (Å²) in [5.41, 5.74) is 3.83. The van der Waals surface area contributed by atoms with Crippen molar-refractivity contribution in [3.63, 3.8) is 0 Å². The molecule has 6 heteroatoms. The van der Waals surface area contributed by atoms with Gasteiger partial charge in [0.15, 0.2) is 12.0 Å². The number of nitrogen functional groups attached to an aromatic ring is 1. The number of rotatable bonds is 2. The highest BCUT2D eigenvalue weighted by atomic mass is 19.3. The number of hydrogen-bond acceptors (Lipinski definition) is 4. The Morgan fingerprint density at radius 3 is 2.71 bits per heavy atom. The van der Waals surface area contributed by atoms with E-state index in [1.807, 2.05) is 0 Å². The molecule has 0 radical (unpaired) electrons. The summed E-state index contributed by atoms with van der Waals surface area (Å²) in [7, 11) is 0. The third kappa shape index (κ3) is 1.52. The van der Waals surface area contributed by atoms with E-state index in [1.165, 1.54) is 0 Å². The van der Waals surface area contributed by atoms with Gasteiger partial charge < -0.3 is 5.73 Å². The smallest absolute Gasteiger partial charge is 0.266 e. The molecule has 1 heterocycles. The van der Waals surface area contributed by atoms with Gasteiger partial charge in [0.05, 0.1) is 11.3 Å². The normalized spacial score (nSPS) is 9.86. The van der Waals surface area contributed by atoms with E-state index >= 15 is 0 Å². The molecule has 0 atom stereocenters. The van der Waals surface area contributed by atoms with Gasteiger partial charge in [0.1, 0.15) is 6.07 Å². The van der Waals surface area contributed by atoms with Gasteiger partial charge in [-0.1, -0.05) is 0 Å². The molecule has 0 aliphatic carbocycles. The van der Waals surface area contributed by atoms with Crippen LogP contribution >= 0.6 is 0 Å². The van der Waals surface area contributed by atoms with Gasteiger partial charge in [-0.05, 0) is 0 Å². The number of carbonyl (C=O) groups excluding carboxylic acids is 1. The highest BCUT2D eigenvalue weighted by Crippen LogP contribution is 2.26. The summed E-state index contributed by atoms with van der Waals surface area (Å²) in [6.07, 6.45) is -1.86. The molecule has 0 bridgehead atoms. The van der Waals surface area contributed by atoms with Crippen molar-refractivity contribution < 1.29 is 13.6 Å². The first kappa shape index (κ1) is 10.1. The topological polar surface area (TPSA) is 79.8 Å². The fourth-order valence-corrected chi connectivity index (χ4v) is 0.951. The lowest BCUT2D eigenvalue weighted by molar-refractivity contribution is 0.110. The van der Waals surface area contributed by atoms with Crippen LogP contribution in [0.25, 0.3) is 0 Å². The van der Waals surface area contributed by atoms with Crippen molar-refractivity contribution in [1.29, 1.82) is 5.26 Å². The highest BCUT2D eigenvalue weighted by Gasteiger charge is 2.17. The Hall–Kier alpha value is -2.03. The van der Waals surface area contributed by atoms with Crippen LogP contribution in [0, 0.1) is 11.3 Å². The van der Waals surface area contributed by atoms with Crippen LogP contribution in [0.4, 0.5) is 14.5 Å². The van der Waals surface area contributed by atoms with Crippen LogP contribution in [0.1, 0.15) is 28.0 Å². The maximum absolute atomic E-state index is 12.3. The minimum atomic E-state index is -2.84. The molecule has 0 unspecified atom stereocenters. The Kier molecular flexibility index (Phi) is 2.72. The standard InChI is InChI=1S/C8H5F2N3O/c9-8(10)4-2-13-6(1-11)7(12)5(4)3-14/h2-3,8H,12H2. The van der Waals surface area contributed by atoms with Crippen molar-refractivity contribution in [2.24, 2.45) is 0 Å². The highest BCUT2D eigenvalue weighted by molar-refractivity contribution is 5.87. The summed E-state index contributed by atoms with van der Waals surface area (Å²) in [6.45, 7) is 0. The molecule has 2 N–H and O–H groups in total. The molecule has 14 heavy (non-hydrogen) atoms. The van der Waals surface area contributed by atoms with Crippen LogP contribution < -0.4 is 5.73 Å². The lowest BCUT2D eigenvalue weighted by Crippen LogP contribution is -2.04. The molecule has 0 saturated heterocycles. The molecule has 1 aromatic heterocycles. The lowest BCUT2D eigenvalue weighted by Gasteiger charge is -2.06. The molecule has 0 aliphatic heterocycles. The SMILES string of the molecule is N#Cc1ncc(C(F)F)c(C=O)c1N. The maximum atomic E-state index is 12.3. The number of pyridine rings is 1. The quantitative estimate of drug-likeness (QED) is 0.724. The van der Waals surface area contributed by atoms with Crippen LogP contribution in [-0.4, -0.2) is 11.3 Å². The van der Waals surface area contributed by atoms with Crippen molar-refractivity contribution in [2.45, 2.75) is 6.43 Å². The van der Waals surface area contributed by atoms with E-state index in [2.05, 4.69) is 4.98 Å². The van der Waals surface area contributed by atoms with Crippen LogP contribution in [-0.2, 0) is 0 Å². The fourth-order valence-electron chi connectivity index (χ4n) is 0.951. The fraction of sp³-hybridized carbons (Fsp3) is 0.125. The van der Waals surface area contributed by atoms with Crippen molar-refractivity contribution in [3.05, 3.63) is 23.0 Å². The molecular weight excluding hydrogens is 192 g/mol. The molecule has 72 valence electrons. The van der Waals surface area contributed by atoms with Gasteiger partial charge in [0.2, 0.25) is 0 Å². The Labute approximate surface area is 78.0 Å². The largest absolute Gasteiger partial charge is 0.396 e. The Balaban J connectivity index is 3.45. The molecule has 0 saturated carbocycles. The van der Waals surface area contributed by atoms with E-state index in [9.17, 15) is 13.6 Å². The van der Waals surface area contributed by atoms with Crippen molar-refractivity contribution in [2.75, 3.05) is 5.73 Å². The number of aldehydes is 1. The van der Waals surface area contributed by atoms with Gasteiger partial charge in [0, 0.05) is 11.8 Å². The predicted molar refractivity (Wildman–Crippen MR) is 43.7 cm³/mol. The summed E-state index contributed by atoms with van der Waals surface area (Å²) in [6, 6.07) is 1.60. The zero-order chi connectivity index (χ0) is 10.7. The number of halogens is 2. The third-order valence-electron chi connectivity index (χ3n) is 1.65. The Morgan fingerprint density at radius 2 is 2.29 bits per heavy atom. The molecule has 1 rings (SSSR count). The summed E-state index contributed by atoms with van der Waals surface area (Å²) in [5.74, 6) is 0. The number of carbonyl (C=O) groups is 1. The second-order valence-corrected chi connectivity index (χ2v) is 2.42. The molecule has 1 aromatic rings. The molecule has 4 nitrogen and oxygen atoms in total. The second kappa shape index (κ2) is 3.79. The van der Waals surface area contributed by atoms with E-state index in [-0.39, 0.29) is 23.2 Å².